The van der Waals surface area contributed by atoms with Crippen LogP contribution in [0.1, 0.15) is 18.1 Å². The molecule has 0 aromatic heterocycles. The highest BCUT2D eigenvalue weighted by molar-refractivity contribution is 6.00. The van der Waals surface area contributed by atoms with Gasteiger partial charge in [-0.25, -0.2) is 4.79 Å². The van der Waals surface area contributed by atoms with Crippen molar-refractivity contribution in [1.82, 2.24) is 0 Å². The summed E-state index contributed by atoms with van der Waals surface area (Å²) in [7, 11) is 4.66. The van der Waals surface area contributed by atoms with Gasteiger partial charge in [-0.1, -0.05) is 18.2 Å². The van der Waals surface area contributed by atoms with Crippen LogP contribution < -0.4 is 4.90 Å². The third-order valence-electron chi connectivity index (χ3n) is 2.96. The highest BCUT2D eigenvalue weighted by atomic mass is 16.5. The van der Waals surface area contributed by atoms with Crippen LogP contribution in [-0.4, -0.2) is 51.0 Å². The number of ether oxygens (including phenoxy) is 2. The molecule has 22 heavy (non-hydrogen) atoms. The van der Waals surface area contributed by atoms with Crippen LogP contribution >= 0.6 is 0 Å². The molecule has 1 amide bonds. The van der Waals surface area contributed by atoms with Crippen molar-refractivity contribution in [2.45, 2.75) is 26.8 Å². The van der Waals surface area contributed by atoms with Crippen LogP contribution in [0.5, 0.6) is 0 Å². The Morgan fingerprint density at radius 2 is 1.64 bits per heavy atom. The number of hydrogen-bond donors (Lipinski definition) is 1. The minimum atomic E-state index is -1.05. The van der Waals surface area contributed by atoms with E-state index in [0.717, 1.165) is 11.1 Å². The lowest BCUT2D eigenvalue weighted by atomic mass is 10.1. The number of anilines is 1. The molecule has 1 N–H and O–H groups in total. The highest BCUT2D eigenvalue weighted by Gasteiger charge is 2.28. The molecule has 1 aromatic rings. The summed E-state index contributed by atoms with van der Waals surface area (Å²) >= 11 is 0. The predicted molar refractivity (Wildman–Crippen MR) is 85.3 cm³/mol. The Labute approximate surface area is 131 Å². The lowest BCUT2D eigenvalue weighted by Gasteiger charge is -2.29. The molecular weight excluding hydrogens is 286 g/mol. The smallest absolute Gasteiger partial charge is 0.326 e. The molecule has 1 unspecified atom stereocenters. The maximum atomic E-state index is 12.1. The maximum absolute atomic E-state index is 12.1. The second-order valence-electron chi connectivity index (χ2n) is 4.86. The molecule has 124 valence electrons. The Kier molecular flexibility index (Phi) is 9.05. The molecule has 0 aliphatic rings. The molecule has 0 saturated heterocycles. The van der Waals surface area contributed by atoms with E-state index < -0.39 is 12.0 Å². The third-order valence-corrected chi connectivity index (χ3v) is 2.96. The van der Waals surface area contributed by atoms with Crippen LogP contribution in [0.2, 0.25) is 0 Å². The summed E-state index contributed by atoms with van der Waals surface area (Å²) in [5, 5.41) is 9.18. The first-order valence-corrected chi connectivity index (χ1v) is 6.81. The number of rotatable bonds is 5. The van der Waals surface area contributed by atoms with Crippen LogP contribution in [0.3, 0.4) is 0 Å². The Hall–Kier alpha value is -1.92. The van der Waals surface area contributed by atoms with Gasteiger partial charge in [0.15, 0.2) is 0 Å². The summed E-state index contributed by atoms with van der Waals surface area (Å²) in [5.74, 6) is -1.41. The van der Waals surface area contributed by atoms with E-state index in [1.54, 1.807) is 14.2 Å². The molecule has 1 rings (SSSR count). The van der Waals surface area contributed by atoms with Gasteiger partial charge in [0.1, 0.15) is 12.6 Å². The van der Waals surface area contributed by atoms with Gasteiger partial charge in [0.2, 0.25) is 0 Å². The molecule has 0 heterocycles. The number of carboxylic acid groups (broad SMARTS) is 1. The van der Waals surface area contributed by atoms with Gasteiger partial charge in [0, 0.05) is 21.3 Å². The normalized spacial score (nSPS) is 11.2. The Morgan fingerprint density at radius 3 is 2.00 bits per heavy atom. The van der Waals surface area contributed by atoms with Crippen molar-refractivity contribution < 1.29 is 24.2 Å². The molecule has 0 aliphatic heterocycles. The molecule has 0 spiro atoms. The summed E-state index contributed by atoms with van der Waals surface area (Å²) in [5.41, 5.74) is 2.36. The van der Waals surface area contributed by atoms with Crippen LogP contribution in [-0.2, 0) is 19.1 Å². The molecule has 6 nitrogen and oxygen atoms in total. The molecule has 0 fully saturated rings. The zero-order valence-corrected chi connectivity index (χ0v) is 14.0. The van der Waals surface area contributed by atoms with E-state index in [1.807, 2.05) is 32.0 Å². The van der Waals surface area contributed by atoms with Gasteiger partial charge in [-0.2, -0.15) is 0 Å². The van der Waals surface area contributed by atoms with E-state index in [-0.39, 0.29) is 12.5 Å². The van der Waals surface area contributed by atoms with Crippen LogP contribution in [0.4, 0.5) is 5.69 Å². The van der Waals surface area contributed by atoms with Crippen molar-refractivity contribution in [2.24, 2.45) is 0 Å². The van der Waals surface area contributed by atoms with E-state index in [9.17, 15) is 14.7 Å². The zero-order valence-electron chi connectivity index (χ0n) is 14.0. The number of para-hydroxylation sites is 1. The van der Waals surface area contributed by atoms with Gasteiger partial charge in [0.25, 0.3) is 5.91 Å². The number of carbonyl (C=O) groups excluding carboxylic acids is 1. The van der Waals surface area contributed by atoms with Crippen molar-refractivity contribution in [2.75, 3.05) is 32.8 Å². The second kappa shape index (κ2) is 9.92. The standard InChI is InChI=1S/C14H19NO4.C2H6O/c1-9-6-5-7-10(2)13(9)15(11(3)14(17)18)12(16)8-19-4;1-3-2/h5-7,11H,8H2,1-4H3,(H,17,18);1-2H3. The molecule has 1 atom stereocenters. The quantitative estimate of drug-likeness (QED) is 0.900. The average molecular weight is 311 g/mol. The van der Waals surface area contributed by atoms with Crippen LogP contribution in [0.25, 0.3) is 0 Å². The van der Waals surface area contributed by atoms with E-state index in [2.05, 4.69) is 4.74 Å². The lowest BCUT2D eigenvalue weighted by molar-refractivity contribution is -0.140. The monoisotopic (exact) mass is 311 g/mol. The van der Waals surface area contributed by atoms with E-state index in [1.165, 1.54) is 18.9 Å². The number of carboxylic acids is 1. The first kappa shape index (κ1) is 20.1. The summed E-state index contributed by atoms with van der Waals surface area (Å²) in [6.07, 6.45) is 0. The van der Waals surface area contributed by atoms with E-state index in [4.69, 9.17) is 4.74 Å². The van der Waals surface area contributed by atoms with Crippen molar-refractivity contribution in [1.29, 1.82) is 0 Å². The Morgan fingerprint density at radius 1 is 1.18 bits per heavy atom. The fraction of sp³-hybridized carbons (Fsp3) is 0.500. The largest absolute Gasteiger partial charge is 0.480 e. The zero-order chi connectivity index (χ0) is 17.3. The van der Waals surface area contributed by atoms with Gasteiger partial charge >= 0.3 is 5.97 Å². The predicted octanol–water partition coefficient (Wildman–Crippen LogP) is 2.02. The van der Waals surface area contributed by atoms with Gasteiger partial charge < -0.3 is 14.6 Å². The van der Waals surface area contributed by atoms with Gasteiger partial charge in [-0.3, -0.25) is 9.69 Å². The van der Waals surface area contributed by atoms with E-state index in [0.29, 0.717) is 5.69 Å². The van der Waals surface area contributed by atoms with E-state index >= 15 is 0 Å². The minimum absolute atomic E-state index is 0.147. The van der Waals surface area contributed by atoms with Crippen molar-refractivity contribution in [3.8, 4) is 0 Å². The number of methoxy groups -OCH3 is 2. The topological polar surface area (TPSA) is 76.1 Å². The molecule has 0 radical (unpaired) electrons. The van der Waals surface area contributed by atoms with Gasteiger partial charge in [0.05, 0.1) is 5.69 Å². The van der Waals surface area contributed by atoms with Crippen LogP contribution in [0, 0.1) is 13.8 Å². The number of nitrogens with zero attached hydrogens (tertiary/aromatic N) is 1. The number of amides is 1. The van der Waals surface area contributed by atoms with Crippen molar-refractivity contribution in [3.63, 3.8) is 0 Å². The van der Waals surface area contributed by atoms with Crippen molar-refractivity contribution >= 4 is 17.6 Å². The number of hydrogen-bond acceptors (Lipinski definition) is 4. The molecule has 0 saturated carbocycles. The minimum Gasteiger partial charge on any atom is -0.480 e. The summed E-state index contributed by atoms with van der Waals surface area (Å²) < 4.78 is 9.08. The van der Waals surface area contributed by atoms with Gasteiger partial charge in [-0.05, 0) is 31.9 Å². The number of carbonyl (C=O) groups is 2. The first-order chi connectivity index (χ1) is 10.3. The van der Waals surface area contributed by atoms with Gasteiger partial charge in [-0.15, -0.1) is 0 Å². The Balaban J connectivity index is 0.00000135. The molecule has 1 aromatic carbocycles. The fourth-order valence-electron chi connectivity index (χ4n) is 2.02. The molecule has 0 bridgehead atoms. The van der Waals surface area contributed by atoms with Crippen LogP contribution in [0.15, 0.2) is 18.2 Å². The summed E-state index contributed by atoms with van der Waals surface area (Å²) in [6.45, 7) is 5.04. The number of aliphatic carboxylic acids is 1. The molecular formula is C16H25NO5. The highest BCUT2D eigenvalue weighted by Crippen LogP contribution is 2.26. The number of aryl methyl sites for hydroxylation is 2. The molecule has 0 aliphatic carbocycles. The molecule has 6 heteroatoms. The number of benzene rings is 1. The summed E-state index contributed by atoms with van der Waals surface area (Å²) in [4.78, 5) is 24.6. The maximum Gasteiger partial charge on any atom is 0.326 e. The summed E-state index contributed by atoms with van der Waals surface area (Å²) in [6, 6.07) is 4.63. The average Bonchev–Trinajstić information content (AvgIpc) is 2.43. The van der Waals surface area contributed by atoms with Crippen molar-refractivity contribution in [3.05, 3.63) is 29.3 Å². The second-order valence-corrected chi connectivity index (χ2v) is 4.86. The fourth-order valence-corrected chi connectivity index (χ4v) is 2.02. The lowest BCUT2D eigenvalue weighted by Crippen LogP contribution is -2.45. The first-order valence-electron chi connectivity index (χ1n) is 6.81. The third kappa shape index (κ3) is 5.46. The SMILES string of the molecule is COC.COCC(=O)N(c1c(C)cccc1C)C(C)C(=O)O. The Bertz CT molecular complexity index is 481.